The van der Waals surface area contributed by atoms with Crippen molar-refractivity contribution in [2.75, 3.05) is 22.5 Å². The van der Waals surface area contributed by atoms with Crippen LogP contribution in [0.3, 0.4) is 0 Å². The van der Waals surface area contributed by atoms with Crippen molar-refractivity contribution in [3.63, 3.8) is 0 Å². The molecule has 3 amide bonds. The number of hydrogen-bond donors (Lipinski definition) is 4. The van der Waals surface area contributed by atoms with Crippen molar-refractivity contribution in [1.82, 2.24) is 5.32 Å². The van der Waals surface area contributed by atoms with Crippen molar-refractivity contribution in [1.29, 1.82) is 0 Å². The monoisotopic (exact) mass is 396 g/mol. The van der Waals surface area contributed by atoms with Gasteiger partial charge in [0.05, 0.1) is 6.54 Å². The van der Waals surface area contributed by atoms with E-state index >= 15 is 0 Å². The Kier molecular flexibility index (Phi) is 7.77. The van der Waals surface area contributed by atoms with Gasteiger partial charge >= 0.3 is 0 Å². The number of hydrogen-bond acceptors (Lipinski definition) is 4. The summed E-state index contributed by atoms with van der Waals surface area (Å²) in [6.45, 7) is 7.51. The molecule has 0 fully saturated rings. The molecule has 0 aliphatic heterocycles. The predicted octanol–water partition coefficient (Wildman–Crippen LogP) is 3.53. The molecular weight excluding hydrogens is 368 g/mol. The summed E-state index contributed by atoms with van der Waals surface area (Å²) in [6.07, 6.45) is 0.387. The number of amides is 3. The Labute approximate surface area is 171 Å². The zero-order valence-electron chi connectivity index (χ0n) is 17.3. The van der Waals surface area contributed by atoms with Gasteiger partial charge in [0.25, 0.3) is 5.91 Å². The highest BCUT2D eigenvalue weighted by Gasteiger charge is 2.10. The molecule has 154 valence electrons. The molecular formula is C22H28N4O3. The van der Waals surface area contributed by atoms with Crippen LogP contribution < -0.4 is 21.3 Å². The zero-order valence-corrected chi connectivity index (χ0v) is 17.3. The van der Waals surface area contributed by atoms with Gasteiger partial charge in [-0.1, -0.05) is 13.0 Å². The van der Waals surface area contributed by atoms with Crippen molar-refractivity contribution >= 4 is 34.8 Å². The second-order valence-electron chi connectivity index (χ2n) is 6.99. The number of carbonyl (C=O) groups excluding carboxylic acids is 3. The first-order valence-electron chi connectivity index (χ1n) is 9.64. The van der Waals surface area contributed by atoms with Crippen molar-refractivity contribution < 1.29 is 14.4 Å². The normalized spacial score (nSPS) is 10.4. The molecule has 2 rings (SSSR count). The van der Waals surface area contributed by atoms with E-state index in [9.17, 15) is 14.4 Å². The molecule has 0 heterocycles. The van der Waals surface area contributed by atoms with E-state index in [2.05, 4.69) is 21.3 Å². The molecule has 0 spiro atoms. The van der Waals surface area contributed by atoms with Crippen molar-refractivity contribution in [3.8, 4) is 0 Å². The van der Waals surface area contributed by atoms with E-state index in [1.807, 2.05) is 20.8 Å². The molecule has 29 heavy (non-hydrogen) atoms. The molecule has 4 N–H and O–H groups in total. The topological polar surface area (TPSA) is 99.3 Å². The Morgan fingerprint density at radius 3 is 2.03 bits per heavy atom. The third-order valence-electron chi connectivity index (χ3n) is 4.22. The van der Waals surface area contributed by atoms with E-state index in [0.717, 1.165) is 11.3 Å². The van der Waals surface area contributed by atoms with Gasteiger partial charge in [-0.2, -0.15) is 0 Å². The van der Waals surface area contributed by atoms with Crippen molar-refractivity contribution in [3.05, 3.63) is 53.6 Å². The van der Waals surface area contributed by atoms with Crippen LogP contribution in [-0.4, -0.2) is 30.3 Å². The van der Waals surface area contributed by atoms with Gasteiger partial charge in [-0.25, -0.2) is 0 Å². The molecule has 0 radical (unpaired) electrons. The average Bonchev–Trinajstić information content (AvgIpc) is 2.69. The molecule has 2 aromatic carbocycles. The third-order valence-corrected chi connectivity index (χ3v) is 4.22. The van der Waals surface area contributed by atoms with Crippen LogP contribution in [0.5, 0.6) is 0 Å². The van der Waals surface area contributed by atoms with E-state index in [4.69, 9.17) is 0 Å². The Bertz CT molecular complexity index is 876. The molecule has 7 nitrogen and oxygen atoms in total. The lowest BCUT2D eigenvalue weighted by Crippen LogP contribution is -2.30. The quantitative estimate of drug-likeness (QED) is 0.548. The summed E-state index contributed by atoms with van der Waals surface area (Å²) in [5, 5.41) is 11.5. The van der Waals surface area contributed by atoms with Crippen LogP contribution >= 0.6 is 0 Å². The Hall–Kier alpha value is -3.35. The second kappa shape index (κ2) is 10.3. The number of carbonyl (C=O) groups is 3. The van der Waals surface area contributed by atoms with Gasteiger partial charge in [0, 0.05) is 35.1 Å². The van der Waals surface area contributed by atoms with Crippen molar-refractivity contribution in [2.45, 2.75) is 40.2 Å². The lowest BCUT2D eigenvalue weighted by atomic mass is 10.1. The fourth-order valence-electron chi connectivity index (χ4n) is 2.61. The number of rotatable bonds is 8. The summed E-state index contributed by atoms with van der Waals surface area (Å²) < 4.78 is 0. The van der Waals surface area contributed by atoms with E-state index in [1.165, 1.54) is 0 Å². The maximum atomic E-state index is 12.3. The van der Waals surface area contributed by atoms with Gasteiger partial charge in [0.15, 0.2) is 0 Å². The minimum absolute atomic E-state index is 0.0706. The summed E-state index contributed by atoms with van der Waals surface area (Å²) in [4.78, 5) is 35.9. The Balaban J connectivity index is 1.92. The molecule has 2 aromatic rings. The summed E-state index contributed by atoms with van der Waals surface area (Å²) in [6, 6.07) is 12.4. The first-order chi connectivity index (χ1) is 13.8. The number of nitrogens with one attached hydrogen (secondary N) is 4. The first kappa shape index (κ1) is 21.9. The Morgan fingerprint density at radius 1 is 0.897 bits per heavy atom. The van der Waals surface area contributed by atoms with E-state index in [1.54, 1.807) is 49.4 Å². The third kappa shape index (κ3) is 6.64. The average molecular weight is 396 g/mol. The largest absolute Gasteiger partial charge is 0.376 e. The molecule has 7 heteroatoms. The highest BCUT2D eigenvalue weighted by molar-refractivity contribution is 5.97. The fraction of sp³-hybridized carbons (Fsp3) is 0.318. The molecule has 0 aliphatic rings. The van der Waals surface area contributed by atoms with E-state index < -0.39 is 0 Å². The van der Waals surface area contributed by atoms with Gasteiger partial charge in [-0.15, -0.1) is 0 Å². The molecule has 0 aliphatic carbocycles. The van der Waals surface area contributed by atoms with Gasteiger partial charge in [0.2, 0.25) is 11.8 Å². The number of anilines is 3. The molecule has 0 saturated heterocycles. The summed E-state index contributed by atoms with van der Waals surface area (Å²) in [5.74, 6) is -0.424. The van der Waals surface area contributed by atoms with Crippen molar-refractivity contribution in [2.24, 2.45) is 0 Å². The lowest BCUT2D eigenvalue weighted by Gasteiger charge is -2.14. The van der Waals surface area contributed by atoms with Crippen LogP contribution in [0.1, 0.15) is 43.1 Å². The first-order valence-corrected chi connectivity index (χ1v) is 9.64. The summed E-state index contributed by atoms with van der Waals surface area (Å²) >= 11 is 0. The zero-order chi connectivity index (χ0) is 21.4. The second-order valence-corrected chi connectivity index (χ2v) is 6.99. The highest BCUT2D eigenvalue weighted by atomic mass is 16.2. The fourth-order valence-corrected chi connectivity index (χ4v) is 2.61. The van der Waals surface area contributed by atoms with Crippen LogP contribution in [0.2, 0.25) is 0 Å². The maximum absolute atomic E-state index is 12.3. The van der Waals surface area contributed by atoms with E-state index in [0.29, 0.717) is 23.4 Å². The standard InChI is InChI=1S/C22H28N4O3/c1-5-20(27)25-18-7-6-8-19(15(18)4)26-21(28)13-23-17-11-9-16(10-12-17)22(29)24-14(2)3/h6-12,14,23H,5,13H2,1-4H3,(H,24,29)(H,25,27)(H,26,28). The molecule has 0 atom stereocenters. The van der Waals surface area contributed by atoms with Crippen LogP contribution in [-0.2, 0) is 9.59 Å². The summed E-state index contributed by atoms with van der Waals surface area (Å²) in [5.41, 5.74) is 3.42. The Morgan fingerprint density at radius 2 is 1.48 bits per heavy atom. The number of benzene rings is 2. The van der Waals surface area contributed by atoms with Crippen LogP contribution in [0.25, 0.3) is 0 Å². The molecule has 0 saturated carbocycles. The smallest absolute Gasteiger partial charge is 0.251 e. The maximum Gasteiger partial charge on any atom is 0.251 e. The van der Waals surface area contributed by atoms with E-state index in [-0.39, 0.29) is 30.3 Å². The van der Waals surface area contributed by atoms with Gasteiger partial charge in [-0.05, 0) is 62.7 Å². The molecule has 0 aromatic heterocycles. The SMILES string of the molecule is CCC(=O)Nc1cccc(NC(=O)CNc2ccc(C(=O)NC(C)C)cc2)c1C. The van der Waals surface area contributed by atoms with Gasteiger partial charge in [0.1, 0.15) is 0 Å². The molecule has 0 bridgehead atoms. The van der Waals surface area contributed by atoms with Gasteiger partial charge < -0.3 is 21.3 Å². The summed E-state index contributed by atoms with van der Waals surface area (Å²) in [7, 11) is 0. The van der Waals surface area contributed by atoms with Gasteiger partial charge in [-0.3, -0.25) is 14.4 Å². The van der Waals surface area contributed by atoms with Crippen LogP contribution in [0, 0.1) is 6.92 Å². The minimum Gasteiger partial charge on any atom is -0.376 e. The lowest BCUT2D eigenvalue weighted by molar-refractivity contribution is -0.116. The van der Waals surface area contributed by atoms with Crippen LogP contribution in [0.4, 0.5) is 17.1 Å². The predicted molar refractivity (Wildman–Crippen MR) is 116 cm³/mol. The highest BCUT2D eigenvalue weighted by Crippen LogP contribution is 2.23. The van der Waals surface area contributed by atoms with Crippen LogP contribution in [0.15, 0.2) is 42.5 Å². The molecule has 0 unspecified atom stereocenters. The minimum atomic E-state index is -0.214.